The molecule has 1 aromatic rings. The molecule has 0 aromatic heterocycles. The third-order valence-electron chi connectivity index (χ3n) is 2.94. The zero-order chi connectivity index (χ0) is 12.8. The van der Waals surface area contributed by atoms with Gasteiger partial charge in [0, 0.05) is 5.56 Å². The van der Waals surface area contributed by atoms with E-state index in [9.17, 15) is 4.79 Å². The maximum atomic E-state index is 12.1. The standard InChI is InChI=1S/C15H20O2/c1-5-12(6-2)10-15(16)14-8-7-13(17-4)9-11(14)3/h7-10H,5-6H2,1-4H3. The normalized spacial score (nSPS) is 9.88. The van der Waals surface area contributed by atoms with Crippen LogP contribution < -0.4 is 4.74 Å². The van der Waals surface area contributed by atoms with Crippen molar-refractivity contribution in [1.29, 1.82) is 0 Å². The lowest BCUT2D eigenvalue weighted by Gasteiger charge is -2.06. The van der Waals surface area contributed by atoms with E-state index in [1.54, 1.807) is 13.2 Å². The van der Waals surface area contributed by atoms with Crippen molar-refractivity contribution in [3.63, 3.8) is 0 Å². The van der Waals surface area contributed by atoms with E-state index in [4.69, 9.17) is 4.74 Å². The van der Waals surface area contributed by atoms with E-state index >= 15 is 0 Å². The zero-order valence-electron chi connectivity index (χ0n) is 11.0. The van der Waals surface area contributed by atoms with Gasteiger partial charge in [0.2, 0.25) is 0 Å². The van der Waals surface area contributed by atoms with E-state index in [1.807, 2.05) is 25.1 Å². The molecule has 0 aliphatic rings. The number of hydrogen-bond acceptors (Lipinski definition) is 2. The fourth-order valence-corrected chi connectivity index (χ4v) is 1.76. The molecule has 2 nitrogen and oxygen atoms in total. The van der Waals surface area contributed by atoms with Crippen LogP contribution in [0.1, 0.15) is 42.6 Å². The van der Waals surface area contributed by atoms with Crippen molar-refractivity contribution in [2.75, 3.05) is 7.11 Å². The summed E-state index contributed by atoms with van der Waals surface area (Å²) in [5, 5.41) is 0. The molecule has 0 saturated heterocycles. The first-order valence-corrected chi connectivity index (χ1v) is 6.00. The molecule has 0 aliphatic carbocycles. The minimum Gasteiger partial charge on any atom is -0.497 e. The third kappa shape index (κ3) is 3.45. The number of ether oxygens (including phenoxy) is 1. The first kappa shape index (κ1) is 13.5. The maximum Gasteiger partial charge on any atom is 0.186 e. The van der Waals surface area contributed by atoms with Gasteiger partial charge in [0.25, 0.3) is 0 Å². The summed E-state index contributed by atoms with van der Waals surface area (Å²) in [6.45, 7) is 6.08. The molecule has 0 atom stereocenters. The molecule has 0 radical (unpaired) electrons. The van der Waals surface area contributed by atoms with Crippen LogP contribution in [-0.2, 0) is 0 Å². The maximum absolute atomic E-state index is 12.1. The highest BCUT2D eigenvalue weighted by Crippen LogP contribution is 2.18. The fraction of sp³-hybridized carbons (Fsp3) is 0.400. The van der Waals surface area contributed by atoms with Gasteiger partial charge in [0.15, 0.2) is 5.78 Å². The largest absolute Gasteiger partial charge is 0.497 e. The average molecular weight is 232 g/mol. The summed E-state index contributed by atoms with van der Waals surface area (Å²) < 4.78 is 5.13. The van der Waals surface area contributed by atoms with Crippen LogP contribution in [-0.4, -0.2) is 12.9 Å². The first-order valence-electron chi connectivity index (χ1n) is 6.00. The Bertz CT molecular complexity index is 425. The average Bonchev–Trinajstić information content (AvgIpc) is 2.35. The Morgan fingerprint density at radius 3 is 2.41 bits per heavy atom. The van der Waals surface area contributed by atoms with Crippen molar-refractivity contribution in [3.05, 3.63) is 41.0 Å². The Morgan fingerprint density at radius 2 is 1.94 bits per heavy atom. The molecule has 1 rings (SSSR count). The predicted octanol–water partition coefficient (Wildman–Crippen LogP) is 3.93. The Balaban J connectivity index is 3.01. The quantitative estimate of drug-likeness (QED) is 0.568. The monoisotopic (exact) mass is 232 g/mol. The summed E-state index contributed by atoms with van der Waals surface area (Å²) in [7, 11) is 1.63. The van der Waals surface area contributed by atoms with Crippen LogP contribution >= 0.6 is 0 Å². The van der Waals surface area contributed by atoms with E-state index < -0.39 is 0 Å². The molecule has 0 aliphatic heterocycles. The van der Waals surface area contributed by atoms with Crippen LogP contribution in [0.3, 0.4) is 0 Å². The number of aryl methyl sites for hydroxylation is 1. The van der Waals surface area contributed by atoms with E-state index in [2.05, 4.69) is 13.8 Å². The van der Waals surface area contributed by atoms with E-state index in [1.165, 1.54) is 5.57 Å². The van der Waals surface area contributed by atoms with Gasteiger partial charge in [-0.3, -0.25) is 4.79 Å². The molecule has 0 fully saturated rings. The van der Waals surface area contributed by atoms with E-state index in [0.717, 1.165) is 29.7 Å². The second kappa shape index (κ2) is 6.24. The van der Waals surface area contributed by atoms with Crippen molar-refractivity contribution in [2.24, 2.45) is 0 Å². The molecular formula is C15H20O2. The van der Waals surface area contributed by atoms with Gasteiger partial charge < -0.3 is 4.74 Å². The second-order valence-electron chi connectivity index (χ2n) is 4.05. The van der Waals surface area contributed by atoms with Crippen LogP contribution in [0.4, 0.5) is 0 Å². The van der Waals surface area contributed by atoms with Crippen molar-refractivity contribution in [3.8, 4) is 5.75 Å². The van der Waals surface area contributed by atoms with Gasteiger partial charge >= 0.3 is 0 Å². The van der Waals surface area contributed by atoms with Crippen LogP contribution in [0.25, 0.3) is 0 Å². The number of carbonyl (C=O) groups excluding carboxylic acids is 1. The highest BCUT2D eigenvalue weighted by Gasteiger charge is 2.08. The lowest BCUT2D eigenvalue weighted by Crippen LogP contribution is -2.00. The molecule has 2 heteroatoms. The lowest BCUT2D eigenvalue weighted by atomic mass is 10.0. The number of carbonyl (C=O) groups is 1. The molecular weight excluding hydrogens is 212 g/mol. The molecule has 0 saturated carbocycles. The van der Waals surface area contributed by atoms with Gasteiger partial charge in [-0.2, -0.15) is 0 Å². The van der Waals surface area contributed by atoms with Crippen molar-refractivity contribution in [1.82, 2.24) is 0 Å². The van der Waals surface area contributed by atoms with E-state index in [-0.39, 0.29) is 5.78 Å². The van der Waals surface area contributed by atoms with Crippen molar-refractivity contribution < 1.29 is 9.53 Å². The van der Waals surface area contributed by atoms with Gasteiger partial charge in [0.1, 0.15) is 5.75 Å². The Morgan fingerprint density at radius 1 is 1.29 bits per heavy atom. The van der Waals surface area contributed by atoms with E-state index in [0.29, 0.717) is 0 Å². The molecule has 0 spiro atoms. The number of ketones is 1. The number of rotatable bonds is 5. The van der Waals surface area contributed by atoms with Crippen LogP contribution in [0.5, 0.6) is 5.75 Å². The Labute approximate surface area is 103 Å². The topological polar surface area (TPSA) is 26.3 Å². The van der Waals surface area contributed by atoms with Gasteiger partial charge in [0.05, 0.1) is 7.11 Å². The minimum absolute atomic E-state index is 0.0869. The Kier molecular flexibility index (Phi) is 4.95. The molecule has 17 heavy (non-hydrogen) atoms. The van der Waals surface area contributed by atoms with Crippen molar-refractivity contribution in [2.45, 2.75) is 33.6 Å². The summed E-state index contributed by atoms with van der Waals surface area (Å²) in [5.74, 6) is 0.873. The Hall–Kier alpha value is -1.57. The second-order valence-corrected chi connectivity index (χ2v) is 4.05. The van der Waals surface area contributed by atoms with Gasteiger partial charge in [-0.15, -0.1) is 0 Å². The highest BCUT2D eigenvalue weighted by atomic mass is 16.5. The zero-order valence-corrected chi connectivity index (χ0v) is 11.0. The number of benzene rings is 1. The number of methoxy groups -OCH3 is 1. The minimum atomic E-state index is 0.0869. The molecule has 1 aromatic carbocycles. The fourth-order valence-electron chi connectivity index (χ4n) is 1.76. The molecule has 0 amide bonds. The number of allylic oxidation sites excluding steroid dienone is 2. The van der Waals surface area contributed by atoms with Crippen LogP contribution in [0.15, 0.2) is 29.8 Å². The lowest BCUT2D eigenvalue weighted by molar-refractivity contribution is 0.104. The summed E-state index contributed by atoms with van der Waals surface area (Å²) in [6, 6.07) is 5.54. The summed E-state index contributed by atoms with van der Waals surface area (Å²) >= 11 is 0. The smallest absolute Gasteiger partial charge is 0.186 e. The van der Waals surface area contributed by atoms with Gasteiger partial charge in [-0.25, -0.2) is 0 Å². The molecule has 92 valence electrons. The molecule has 0 N–H and O–H groups in total. The molecule has 0 bridgehead atoms. The summed E-state index contributed by atoms with van der Waals surface area (Å²) in [5.41, 5.74) is 2.90. The highest BCUT2D eigenvalue weighted by molar-refractivity contribution is 6.06. The van der Waals surface area contributed by atoms with Gasteiger partial charge in [-0.1, -0.05) is 19.4 Å². The summed E-state index contributed by atoms with van der Waals surface area (Å²) in [6.07, 6.45) is 3.61. The molecule has 0 unspecified atom stereocenters. The van der Waals surface area contributed by atoms with Crippen molar-refractivity contribution >= 4 is 5.78 Å². The third-order valence-corrected chi connectivity index (χ3v) is 2.94. The van der Waals surface area contributed by atoms with Crippen LogP contribution in [0, 0.1) is 6.92 Å². The summed E-state index contributed by atoms with van der Waals surface area (Å²) in [4.78, 5) is 12.1. The number of hydrogen-bond donors (Lipinski definition) is 0. The van der Waals surface area contributed by atoms with Gasteiger partial charge in [-0.05, 0) is 49.6 Å². The van der Waals surface area contributed by atoms with Crippen LogP contribution in [0.2, 0.25) is 0 Å². The predicted molar refractivity (Wildman–Crippen MR) is 70.7 cm³/mol. The molecule has 0 heterocycles. The first-order chi connectivity index (χ1) is 8.12. The SMILES string of the molecule is CCC(=CC(=O)c1ccc(OC)cc1C)CC.